The molecule has 0 aliphatic carbocycles. The molecule has 2 aromatic rings. The molecule has 0 bridgehead atoms. The Bertz CT molecular complexity index is 523. The molecule has 2 N–H and O–H groups in total. The molecule has 1 aromatic carbocycles. The lowest BCUT2D eigenvalue weighted by molar-refractivity contribution is 0.368. The zero-order valence-electron chi connectivity index (χ0n) is 10.4. The largest absolute Gasteiger partial charge is 0.507 e. The lowest BCUT2D eigenvalue weighted by atomic mass is 10.2. The number of methoxy groups -OCH3 is 1. The quantitative estimate of drug-likeness (QED) is 0.847. The monoisotopic (exact) mass is 248 g/mol. The van der Waals surface area contributed by atoms with Gasteiger partial charge in [-0.3, -0.25) is 0 Å². The van der Waals surface area contributed by atoms with Crippen LogP contribution in [0.4, 0.5) is 0 Å². The number of phenolic OH excluding ortho intramolecular Hbond substituents is 1. The minimum atomic E-state index is 0.218. The van der Waals surface area contributed by atoms with Crippen molar-refractivity contribution in [3.05, 3.63) is 41.3 Å². The highest BCUT2D eigenvalue weighted by Crippen LogP contribution is 2.23. The van der Waals surface area contributed by atoms with E-state index in [2.05, 4.69) is 10.5 Å². The highest BCUT2D eigenvalue weighted by Gasteiger charge is 2.04. The number of benzene rings is 1. The molecule has 1 heterocycles. The van der Waals surface area contributed by atoms with Crippen molar-refractivity contribution in [2.45, 2.75) is 20.0 Å². The predicted molar refractivity (Wildman–Crippen MR) is 66.4 cm³/mol. The van der Waals surface area contributed by atoms with E-state index < -0.39 is 0 Å². The van der Waals surface area contributed by atoms with Gasteiger partial charge in [0, 0.05) is 24.2 Å². The van der Waals surface area contributed by atoms with Crippen LogP contribution in [0.25, 0.3) is 0 Å². The molecule has 96 valence electrons. The topological polar surface area (TPSA) is 67.5 Å². The van der Waals surface area contributed by atoms with Gasteiger partial charge in [0.05, 0.1) is 19.3 Å². The Kier molecular flexibility index (Phi) is 3.84. The van der Waals surface area contributed by atoms with Crippen LogP contribution in [-0.4, -0.2) is 17.4 Å². The van der Waals surface area contributed by atoms with Gasteiger partial charge in [-0.15, -0.1) is 0 Å². The molecule has 0 fully saturated rings. The number of rotatable bonds is 5. The summed E-state index contributed by atoms with van der Waals surface area (Å²) in [6.45, 7) is 3.00. The van der Waals surface area contributed by atoms with Crippen LogP contribution in [0.2, 0.25) is 0 Å². The van der Waals surface area contributed by atoms with E-state index in [-0.39, 0.29) is 5.75 Å². The van der Waals surface area contributed by atoms with E-state index in [9.17, 15) is 5.11 Å². The fraction of sp³-hybridized carbons (Fsp3) is 0.308. The Morgan fingerprint density at radius 2 is 2.17 bits per heavy atom. The van der Waals surface area contributed by atoms with E-state index in [1.807, 2.05) is 25.1 Å². The number of nitrogens with zero attached hydrogens (tertiary/aromatic N) is 1. The van der Waals surface area contributed by atoms with Gasteiger partial charge in [-0.05, 0) is 13.0 Å². The maximum atomic E-state index is 9.77. The summed E-state index contributed by atoms with van der Waals surface area (Å²) in [7, 11) is 1.57. The number of aryl methyl sites for hydroxylation is 1. The van der Waals surface area contributed by atoms with Crippen molar-refractivity contribution in [2.24, 2.45) is 0 Å². The Labute approximate surface area is 105 Å². The summed E-state index contributed by atoms with van der Waals surface area (Å²) >= 11 is 0. The number of phenols is 1. The summed E-state index contributed by atoms with van der Waals surface area (Å²) in [6, 6.07) is 7.11. The number of aromatic nitrogens is 1. The standard InChI is InChI=1S/C13H16N2O3/c1-9-5-12(18-15-9)8-14-7-10-3-4-11(17-2)6-13(10)16/h3-6,14,16H,7-8H2,1-2H3. The zero-order valence-corrected chi connectivity index (χ0v) is 10.4. The number of hydrogen-bond acceptors (Lipinski definition) is 5. The molecule has 0 amide bonds. The second kappa shape index (κ2) is 5.55. The number of aromatic hydroxyl groups is 1. The van der Waals surface area contributed by atoms with Crippen LogP contribution < -0.4 is 10.1 Å². The van der Waals surface area contributed by atoms with E-state index in [1.165, 1.54) is 0 Å². The summed E-state index contributed by atoms with van der Waals surface area (Å²) in [5.74, 6) is 1.64. The summed E-state index contributed by atoms with van der Waals surface area (Å²) in [4.78, 5) is 0. The summed E-state index contributed by atoms with van der Waals surface area (Å²) < 4.78 is 10.1. The van der Waals surface area contributed by atoms with Crippen LogP contribution in [0.3, 0.4) is 0 Å². The maximum absolute atomic E-state index is 9.77. The molecule has 0 spiro atoms. The van der Waals surface area contributed by atoms with Crippen molar-refractivity contribution in [3.63, 3.8) is 0 Å². The predicted octanol–water partition coefficient (Wildman–Crippen LogP) is 1.99. The van der Waals surface area contributed by atoms with Crippen molar-refractivity contribution < 1.29 is 14.4 Å². The van der Waals surface area contributed by atoms with E-state index in [1.54, 1.807) is 13.2 Å². The molecule has 1 aromatic heterocycles. The number of hydrogen-bond donors (Lipinski definition) is 2. The second-order valence-corrected chi connectivity index (χ2v) is 4.03. The second-order valence-electron chi connectivity index (χ2n) is 4.03. The zero-order chi connectivity index (χ0) is 13.0. The Morgan fingerprint density at radius 3 is 2.78 bits per heavy atom. The van der Waals surface area contributed by atoms with Gasteiger partial charge in [0.1, 0.15) is 11.5 Å². The van der Waals surface area contributed by atoms with Crippen molar-refractivity contribution in [1.82, 2.24) is 10.5 Å². The van der Waals surface area contributed by atoms with Crippen molar-refractivity contribution >= 4 is 0 Å². The van der Waals surface area contributed by atoms with Crippen molar-refractivity contribution in [1.29, 1.82) is 0 Å². The van der Waals surface area contributed by atoms with Crippen LogP contribution in [0.15, 0.2) is 28.8 Å². The first kappa shape index (κ1) is 12.4. The van der Waals surface area contributed by atoms with Gasteiger partial charge in [-0.2, -0.15) is 0 Å². The smallest absolute Gasteiger partial charge is 0.150 e. The third-order valence-corrected chi connectivity index (χ3v) is 2.58. The van der Waals surface area contributed by atoms with Gasteiger partial charge in [0.15, 0.2) is 5.76 Å². The Morgan fingerprint density at radius 1 is 1.33 bits per heavy atom. The average Bonchev–Trinajstić information content (AvgIpc) is 2.77. The Balaban J connectivity index is 1.90. The third kappa shape index (κ3) is 3.01. The SMILES string of the molecule is COc1ccc(CNCc2cc(C)no2)c(O)c1. The molecule has 0 aliphatic heterocycles. The van der Waals surface area contributed by atoms with E-state index in [0.717, 1.165) is 17.0 Å². The van der Waals surface area contributed by atoms with Crippen LogP contribution in [0.5, 0.6) is 11.5 Å². The van der Waals surface area contributed by atoms with Gasteiger partial charge >= 0.3 is 0 Å². The molecule has 5 nitrogen and oxygen atoms in total. The fourth-order valence-electron chi connectivity index (χ4n) is 1.64. The highest BCUT2D eigenvalue weighted by atomic mass is 16.5. The fourth-order valence-corrected chi connectivity index (χ4v) is 1.64. The Hall–Kier alpha value is -2.01. The molecule has 18 heavy (non-hydrogen) atoms. The molecule has 0 saturated carbocycles. The molecular formula is C13H16N2O3. The van der Waals surface area contributed by atoms with Crippen molar-refractivity contribution in [3.8, 4) is 11.5 Å². The van der Waals surface area contributed by atoms with Crippen LogP contribution >= 0.6 is 0 Å². The van der Waals surface area contributed by atoms with Crippen LogP contribution in [0, 0.1) is 6.92 Å². The molecule has 0 aliphatic rings. The van der Waals surface area contributed by atoms with Gasteiger partial charge in [-0.25, -0.2) is 0 Å². The first-order chi connectivity index (χ1) is 8.69. The average molecular weight is 248 g/mol. The first-order valence-electron chi connectivity index (χ1n) is 5.68. The third-order valence-electron chi connectivity index (χ3n) is 2.58. The molecule has 0 atom stereocenters. The van der Waals surface area contributed by atoms with E-state index in [0.29, 0.717) is 18.8 Å². The minimum Gasteiger partial charge on any atom is -0.507 e. The number of ether oxygens (including phenoxy) is 1. The van der Waals surface area contributed by atoms with E-state index in [4.69, 9.17) is 9.26 Å². The first-order valence-corrected chi connectivity index (χ1v) is 5.68. The van der Waals surface area contributed by atoms with Gasteiger partial charge < -0.3 is 19.7 Å². The van der Waals surface area contributed by atoms with Gasteiger partial charge in [-0.1, -0.05) is 11.2 Å². The molecule has 0 radical (unpaired) electrons. The molecule has 0 saturated heterocycles. The molecule has 0 unspecified atom stereocenters. The number of nitrogens with one attached hydrogen (secondary N) is 1. The van der Waals surface area contributed by atoms with Crippen molar-refractivity contribution in [2.75, 3.05) is 7.11 Å². The maximum Gasteiger partial charge on any atom is 0.150 e. The highest BCUT2D eigenvalue weighted by molar-refractivity contribution is 5.39. The normalized spacial score (nSPS) is 10.6. The minimum absolute atomic E-state index is 0.218. The van der Waals surface area contributed by atoms with E-state index >= 15 is 0 Å². The molecule has 2 rings (SSSR count). The molecule has 5 heteroatoms. The summed E-state index contributed by atoms with van der Waals surface area (Å²) in [5, 5.41) is 16.7. The van der Waals surface area contributed by atoms with Gasteiger partial charge in [0.25, 0.3) is 0 Å². The molecular weight excluding hydrogens is 232 g/mol. The summed E-state index contributed by atoms with van der Waals surface area (Å²) in [5.41, 5.74) is 1.67. The lowest BCUT2D eigenvalue weighted by Gasteiger charge is -2.07. The van der Waals surface area contributed by atoms with Crippen LogP contribution in [-0.2, 0) is 13.1 Å². The lowest BCUT2D eigenvalue weighted by Crippen LogP contribution is -2.12. The van der Waals surface area contributed by atoms with Gasteiger partial charge in [0.2, 0.25) is 0 Å². The summed E-state index contributed by atoms with van der Waals surface area (Å²) in [6.07, 6.45) is 0. The van der Waals surface area contributed by atoms with Crippen LogP contribution in [0.1, 0.15) is 17.0 Å².